The summed E-state index contributed by atoms with van der Waals surface area (Å²) in [4.78, 5) is 10.5. The Kier molecular flexibility index (Phi) is 8.50. The summed E-state index contributed by atoms with van der Waals surface area (Å²) in [5.41, 5.74) is 6.22. The second kappa shape index (κ2) is 11.3. The van der Waals surface area contributed by atoms with Crippen LogP contribution in [0.15, 0.2) is 24.5 Å². The molecule has 2 aliphatic rings. The Balaban J connectivity index is 1.33. The Labute approximate surface area is 222 Å². The highest BCUT2D eigenvalue weighted by Crippen LogP contribution is 2.32. The molecule has 3 atom stereocenters. The van der Waals surface area contributed by atoms with Crippen LogP contribution in [0.2, 0.25) is 0 Å². The van der Waals surface area contributed by atoms with Crippen LogP contribution in [0.3, 0.4) is 0 Å². The summed E-state index contributed by atoms with van der Waals surface area (Å²) in [5, 5.41) is 0. The molecule has 0 bridgehead atoms. The van der Waals surface area contributed by atoms with E-state index in [1.165, 1.54) is 8.61 Å². The summed E-state index contributed by atoms with van der Waals surface area (Å²) < 4.78 is 75.8. The molecule has 2 fully saturated rings. The van der Waals surface area contributed by atoms with E-state index < -0.39 is 39.6 Å². The highest BCUT2D eigenvalue weighted by molar-refractivity contribution is 7.86. The molecule has 2 aromatic rings. The third kappa shape index (κ3) is 5.90. The highest BCUT2D eigenvalue weighted by atomic mass is 32.2. The number of benzene rings is 1. The van der Waals surface area contributed by atoms with Gasteiger partial charge in [-0.3, -0.25) is 0 Å². The fraction of sp³-hybridized carbons (Fsp3) is 0.600. The minimum atomic E-state index is -3.48. The second-order valence-electron chi connectivity index (χ2n) is 10.4. The summed E-state index contributed by atoms with van der Waals surface area (Å²) in [7, 11) is -1.88. The van der Waals surface area contributed by atoms with E-state index in [-0.39, 0.29) is 30.2 Å². The lowest BCUT2D eigenvalue weighted by Gasteiger charge is -2.36. The molecule has 2 N–H and O–H groups in total. The molecule has 2 saturated heterocycles. The molecule has 3 heterocycles. The standard InChI is InChI=1S/C25H35F3N6O3S/c1-15(2)32(4)38(35,36)34-7-5-17(6-8-34)16(3)37-18-11-30-25(31-12-18)33-13-20(24(29)14-33)19-9-22(27)23(28)10-21(19)26/h9-12,15-17,20,24H,5-8,13-14,29H2,1-4H3. The van der Waals surface area contributed by atoms with E-state index in [0.717, 1.165) is 6.07 Å². The number of rotatable bonds is 8. The van der Waals surface area contributed by atoms with Crippen LogP contribution >= 0.6 is 0 Å². The van der Waals surface area contributed by atoms with Crippen molar-refractivity contribution in [1.29, 1.82) is 0 Å². The molecule has 1 aromatic heterocycles. The number of nitrogens with zero attached hydrogens (tertiary/aromatic N) is 5. The van der Waals surface area contributed by atoms with Crippen LogP contribution in [0.1, 0.15) is 45.1 Å². The Hall–Kier alpha value is -2.48. The molecule has 0 amide bonds. The largest absolute Gasteiger partial charge is 0.487 e. The number of halogens is 3. The molecule has 3 unspecified atom stereocenters. The number of anilines is 1. The van der Waals surface area contributed by atoms with E-state index in [2.05, 4.69) is 9.97 Å². The molecule has 38 heavy (non-hydrogen) atoms. The normalized spacial score (nSPS) is 22.4. The fourth-order valence-electron chi connectivity index (χ4n) is 5.01. The predicted octanol–water partition coefficient (Wildman–Crippen LogP) is 2.89. The lowest BCUT2D eigenvalue weighted by Crippen LogP contribution is -2.49. The van der Waals surface area contributed by atoms with Crippen molar-refractivity contribution in [2.45, 2.75) is 57.7 Å². The quantitative estimate of drug-likeness (QED) is 0.499. The Bertz CT molecular complexity index is 1230. The van der Waals surface area contributed by atoms with E-state index in [0.29, 0.717) is 50.2 Å². The number of hydrogen-bond donors (Lipinski definition) is 1. The van der Waals surface area contributed by atoms with Crippen LogP contribution in [0.25, 0.3) is 0 Å². The summed E-state index contributed by atoms with van der Waals surface area (Å²) in [5.74, 6) is -2.71. The summed E-state index contributed by atoms with van der Waals surface area (Å²) in [6, 6.07) is 0.776. The third-order valence-electron chi connectivity index (χ3n) is 7.60. The Morgan fingerprint density at radius 1 is 1.03 bits per heavy atom. The average Bonchev–Trinajstić information content (AvgIpc) is 3.27. The summed E-state index contributed by atoms with van der Waals surface area (Å²) in [6.45, 7) is 7.08. The van der Waals surface area contributed by atoms with Gasteiger partial charge in [-0.2, -0.15) is 17.0 Å². The van der Waals surface area contributed by atoms with Crippen LogP contribution in [0, 0.1) is 23.4 Å². The number of nitrogens with two attached hydrogens (primary N) is 1. The van der Waals surface area contributed by atoms with Crippen molar-refractivity contribution in [2.75, 3.05) is 38.1 Å². The molecule has 0 radical (unpaired) electrons. The zero-order chi connectivity index (χ0) is 27.8. The van der Waals surface area contributed by atoms with E-state index in [4.69, 9.17) is 10.5 Å². The number of piperidine rings is 1. The van der Waals surface area contributed by atoms with Gasteiger partial charge in [0.2, 0.25) is 5.95 Å². The van der Waals surface area contributed by atoms with E-state index >= 15 is 0 Å². The summed E-state index contributed by atoms with van der Waals surface area (Å²) in [6.07, 6.45) is 4.29. The monoisotopic (exact) mass is 556 g/mol. The van der Waals surface area contributed by atoms with Gasteiger partial charge in [0.05, 0.1) is 18.5 Å². The van der Waals surface area contributed by atoms with Gasteiger partial charge in [0, 0.05) is 57.3 Å². The highest BCUT2D eigenvalue weighted by Gasteiger charge is 2.36. The third-order valence-corrected chi connectivity index (χ3v) is 9.77. The maximum Gasteiger partial charge on any atom is 0.281 e. The van der Waals surface area contributed by atoms with Crippen molar-refractivity contribution in [3.8, 4) is 5.75 Å². The second-order valence-corrected chi connectivity index (χ2v) is 12.3. The van der Waals surface area contributed by atoms with Gasteiger partial charge in [-0.05, 0) is 51.2 Å². The Morgan fingerprint density at radius 2 is 1.63 bits per heavy atom. The number of aromatic nitrogens is 2. The minimum Gasteiger partial charge on any atom is -0.487 e. The maximum atomic E-state index is 14.3. The van der Waals surface area contributed by atoms with Crippen molar-refractivity contribution >= 4 is 16.2 Å². The summed E-state index contributed by atoms with van der Waals surface area (Å²) >= 11 is 0. The first-order chi connectivity index (χ1) is 17.9. The SMILES string of the molecule is CC(Oc1cnc(N2CC(N)C(c3cc(F)c(F)cc3F)C2)nc1)C1CCN(S(=O)(=O)N(C)C(C)C)CC1. The van der Waals surface area contributed by atoms with E-state index in [1.807, 2.05) is 20.8 Å². The number of hydrogen-bond acceptors (Lipinski definition) is 7. The molecule has 9 nitrogen and oxygen atoms in total. The van der Waals surface area contributed by atoms with E-state index in [1.54, 1.807) is 24.3 Å². The van der Waals surface area contributed by atoms with Gasteiger partial charge in [0.25, 0.3) is 10.2 Å². The van der Waals surface area contributed by atoms with Gasteiger partial charge in [-0.25, -0.2) is 23.1 Å². The van der Waals surface area contributed by atoms with Crippen LogP contribution in [-0.4, -0.2) is 78.4 Å². The van der Waals surface area contributed by atoms with Gasteiger partial charge >= 0.3 is 0 Å². The van der Waals surface area contributed by atoms with Crippen molar-refractivity contribution in [3.05, 3.63) is 47.5 Å². The molecule has 0 spiro atoms. The van der Waals surface area contributed by atoms with Crippen LogP contribution in [-0.2, 0) is 10.2 Å². The van der Waals surface area contributed by atoms with Crippen molar-refractivity contribution in [2.24, 2.45) is 11.7 Å². The Morgan fingerprint density at radius 3 is 2.24 bits per heavy atom. The van der Waals surface area contributed by atoms with Gasteiger partial charge in [-0.15, -0.1) is 0 Å². The molecular formula is C25H35F3N6O3S. The molecule has 1 aromatic carbocycles. The molecule has 0 saturated carbocycles. The first kappa shape index (κ1) is 28.5. The zero-order valence-corrected chi connectivity index (χ0v) is 22.8. The first-order valence-corrected chi connectivity index (χ1v) is 14.1. The zero-order valence-electron chi connectivity index (χ0n) is 22.0. The van der Waals surface area contributed by atoms with Crippen LogP contribution in [0.4, 0.5) is 19.1 Å². The molecule has 210 valence electrons. The van der Waals surface area contributed by atoms with Crippen molar-refractivity contribution in [3.63, 3.8) is 0 Å². The van der Waals surface area contributed by atoms with Gasteiger partial charge in [0.15, 0.2) is 17.4 Å². The first-order valence-electron chi connectivity index (χ1n) is 12.7. The predicted molar refractivity (Wildman–Crippen MR) is 137 cm³/mol. The lowest BCUT2D eigenvalue weighted by atomic mass is 9.93. The van der Waals surface area contributed by atoms with Gasteiger partial charge in [-0.1, -0.05) is 0 Å². The number of ether oxygens (including phenoxy) is 1. The average molecular weight is 557 g/mol. The van der Waals surface area contributed by atoms with Crippen molar-refractivity contribution < 1.29 is 26.3 Å². The molecule has 0 aliphatic carbocycles. The van der Waals surface area contributed by atoms with Gasteiger partial charge < -0.3 is 15.4 Å². The lowest BCUT2D eigenvalue weighted by molar-refractivity contribution is 0.109. The van der Waals surface area contributed by atoms with Crippen LogP contribution in [0.5, 0.6) is 5.75 Å². The fourth-order valence-corrected chi connectivity index (χ4v) is 6.58. The van der Waals surface area contributed by atoms with Crippen molar-refractivity contribution in [1.82, 2.24) is 18.6 Å². The maximum absolute atomic E-state index is 14.3. The van der Waals surface area contributed by atoms with E-state index in [9.17, 15) is 21.6 Å². The smallest absolute Gasteiger partial charge is 0.281 e. The van der Waals surface area contributed by atoms with Crippen LogP contribution < -0.4 is 15.4 Å². The molecule has 2 aliphatic heterocycles. The molecular weight excluding hydrogens is 521 g/mol. The van der Waals surface area contributed by atoms with Gasteiger partial charge in [0.1, 0.15) is 5.82 Å². The minimum absolute atomic E-state index is 0.0300. The molecule has 13 heteroatoms. The molecule has 4 rings (SSSR count). The topological polar surface area (TPSA) is 105 Å².